The number of carboxylic acids is 1. The molecule has 1 aromatic rings. The zero-order chi connectivity index (χ0) is 28.0. The lowest BCUT2D eigenvalue weighted by atomic mass is 10.0. The average molecular weight is 525 g/mol. The van der Waals surface area contributed by atoms with Crippen LogP contribution in [0, 0.1) is 0 Å². The van der Waals surface area contributed by atoms with E-state index in [1.807, 2.05) is 0 Å². The molecule has 0 aliphatic rings. The van der Waals surface area contributed by atoms with Gasteiger partial charge < -0.3 is 48.5 Å². The summed E-state index contributed by atoms with van der Waals surface area (Å²) in [5.41, 5.74) is 17.1. The second-order valence-corrected chi connectivity index (χ2v) is 8.47. The molecule has 14 heteroatoms. The number of nitrogens with two attached hydrogens (primary N) is 3. The molecule has 0 bridgehead atoms. The molecule has 1 aromatic carbocycles. The minimum Gasteiger partial charge on any atom is -0.508 e. The number of carboxylic acid groups (broad SMARTS) is 1. The SMILES string of the molecule is NCCCCC(NC(=O)C(CO)NC(=O)C(N)Cc1ccc(O)cc1)C(=O)NC(CCC(N)=O)C(=O)O. The summed E-state index contributed by atoms with van der Waals surface area (Å²) >= 11 is 0. The van der Waals surface area contributed by atoms with Gasteiger partial charge in [-0.2, -0.15) is 0 Å². The van der Waals surface area contributed by atoms with Gasteiger partial charge in [-0.1, -0.05) is 12.1 Å². The van der Waals surface area contributed by atoms with Crippen LogP contribution < -0.4 is 33.2 Å². The number of unbranched alkanes of at least 4 members (excludes halogenated alkanes) is 1. The molecule has 4 unspecified atom stereocenters. The molecule has 37 heavy (non-hydrogen) atoms. The van der Waals surface area contributed by atoms with Crippen LogP contribution in [0.2, 0.25) is 0 Å². The van der Waals surface area contributed by atoms with Crippen LogP contribution in [-0.2, 0) is 30.4 Å². The second kappa shape index (κ2) is 16.1. The largest absolute Gasteiger partial charge is 0.508 e. The van der Waals surface area contributed by atoms with E-state index < -0.39 is 60.4 Å². The maximum absolute atomic E-state index is 12.8. The van der Waals surface area contributed by atoms with Crippen LogP contribution >= 0.6 is 0 Å². The predicted molar refractivity (Wildman–Crippen MR) is 132 cm³/mol. The standard InChI is InChI=1S/C23H36N6O8/c24-10-2-1-3-16(21(34)28-17(23(36)37)8-9-19(26)32)27-22(35)18(12-30)29-20(33)15(25)11-13-4-6-14(31)7-5-13/h4-7,15-18,30-31H,1-3,8-12,24-25H2,(H2,26,32)(H,27,35)(H,28,34)(H,29,33)(H,36,37). The third-order valence-electron chi connectivity index (χ3n) is 5.42. The van der Waals surface area contributed by atoms with Crippen molar-refractivity contribution in [3.05, 3.63) is 29.8 Å². The quantitative estimate of drug-likeness (QED) is 0.0944. The number of carbonyl (C=O) groups excluding carboxylic acids is 4. The normalized spacial score (nSPS) is 14.0. The number of phenolic OH excluding ortho intramolecular Hbond substituents is 1. The van der Waals surface area contributed by atoms with E-state index in [-0.39, 0.29) is 31.4 Å². The molecule has 0 fully saturated rings. The van der Waals surface area contributed by atoms with E-state index in [0.29, 0.717) is 24.9 Å². The Morgan fingerprint density at radius 3 is 1.95 bits per heavy atom. The van der Waals surface area contributed by atoms with Gasteiger partial charge in [-0.15, -0.1) is 0 Å². The molecule has 1 rings (SSSR count). The van der Waals surface area contributed by atoms with Crippen LogP contribution in [0.25, 0.3) is 0 Å². The van der Waals surface area contributed by atoms with E-state index in [2.05, 4.69) is 16.0 Å². The third kappa shape index (κ3) is 11.7. The molecular weight excluding hydrogens is 488 g/mol. The molecule has 0 radical (unpaired) electrons. The molecule has 12 N–H and O–H groups in total. The summed E-state index contributed by atoms with van der Waals surface area (Å²) in [6.45, 7) is -0.468. The lowest BCUT2D eigenvalue weighted by Gasteiger charge is -2.24. The summed E-state index contributed by atoms with van der Waals surface area (Å²) in [6, 6.07) is 0.899. The van der Waals surface area contributed by atoms with Crippen molar-refractivity contribution in [2.75, 3.05) is 13.2 Å². The van der Waals surface area contributed by atoms with Gasteiger partial charge in [0.2, 0.25) is 23.6 Å². The lowest BCUT2D eigenvalue weighted by Crippen LogP contribution is -2.58. The van der Waals surface area contributed by atoms with Crippen molar-refractivity contribution < 1.29 is 39.3 Å². The minimum atomic E-state index is -1.44. The Hall–Kier alpha value is -3.75. The summed E-state index contributed by atoms with van der Waals surface area (Å²) in [7, 11) is 0. The zero-order valence-corrected chi connectivity index (χ0v) is 20.4. The minimum absolute atomic E-state index is 0.0476. The molecule has 0 saturated carbocycles. The van der Waals surface area contributed by atoms with Crippen molar-refractivity contribution in [2.45, 2.75) is 62.7 Å². The smallest absolute Gasteiger partial charge is 0.326 e. The van der Waals surface area contributed by atoms with Gasteiger partial charge in [0, 0.05) is 6.42 Å². The van der Waals surface area contributed by atoms with Crippen molar-refractivity contribution in [3.8, 4) is 5.75 Å². The predicted octanol–water partition coefficient (Wildman–Crippen LogP) is -2.81. The lowest BCUT2D eigenvalue weighted by molar-refractivity contribution is -0.142. The fraction of sp³-hybridized carbons (Fsp3) is 0.522. The Kier molecular flexibility index (Phi) is 13.6. The van der Waals surface area contributed by atoms with Crippen molar-refractivity contribution in [1.82, 2.24) is 16.0 Å². The van der Waals surface area contributed by atoms with Crippen molar-refractivity contribution in [1.29, 1.82) is 0 Å². The molecule has 0 aliphatic heterocycles. The van der Waals surface area contributed by atoms with E-state index in [1.165, 1.54) is 12.1 Å². The Morgan fingerprint density at radius 1 is 0.838 bits per heavy atom. The van der Waals surface area contributed by atoms with E-state index in [9.17, 15) is 39.3 Å². The van der Waals surface area contributed by atoms with Gasteiger partial charge in [-0.05, 0) is 56.3 Å². The van der Waals surface area contributed by atoms with E-state index in [0.717, 1.165) is 0 Å². The van der Waals surface area contributed by atoms with Gasteiger partial charge in [0.1, 0.15) is 23.9 Å². The van der Waals surface area contributed by atoms with Gasteiger partial charge in [0.15, 0.2) is 0 Å². The number of phenols is 1. The Bertz CT molecular complexity index is 926. The van der Waals surface area contributed by atoms with Crippen LogP contribution in [0.15, 0.2) is 24.3 Å². The first kappa shape index (κ1) is 31.3. The Morgan fingerprint density at radius 2 is 1.41 bits per heavy atom. The first-order valence-electron chi connectivity index (χ1n) is 11.7. The third-order valence-corrected chi connectivity index (χ3v) is 5.42. The second-order valence-electron chi connectivity index (χ2n) is 8.47. The number of hydrogen-bond donors (Lipinski definition) is 9. The first-order valence-corrected chi connectivity index (χ1v) is 11.7. The van der Waals surface area contributed by atoms with E-state index >= 15 is 0 Å². The van der Waals surface area contributed by atoms with Crippen molar-refractivity contribution in [3.63, 3.8) is 0 Å². The topological polar surface area (TPSA) is 260 Å². The first-order chi connectivity index (χ1) is 17.5. The number of benzene rings is 1. The van der Waals surface area contributed by atoms with Crippen molar-refractivity contribution >= 4 is 29.6 Å². The highest BCUT2D eigenvalue weighted by atomic mass is 16.4. The van der Waals surface area contributed by atoms with Crippen molar-refractivity contribution in [2.24, 2.45) is 17.2 Å². The van der Waals surface area contributed by atoms with E-state index in [4.69, 9.17) is 17.2 Å². The van der Waals surface area contributed by atoms with Gasteiger partial charge in [-0.3, -0.25) is 19.2 Å². The number of aliphatic hydroxyl groups is 1. The maximum atomic E-state index is 12.8. The van der Waals surface area contributed by atoms with Gasteiger partial charge in [0.25, 0.3) is 0 Å². The van der Waals surface area contributed by atoms with Gasteiger partial charge in [-0.25, -0.2) is 4.79 Å². The van der Waals surface area contributed by atoms with Crippen LogP contribution in [0.4, 0.5) is 0 Å². The fourth-order valence-electron chi connectivity index (χ4n) is 3.30. The van der Waals surface area contributed by atoms with Crippen LogP contribution in [-0.4, -0.2) is 82.2 Å². The molecule has 0 aromatic heterocycles. The summed E-state index contributed by atoms with van der Waals surface area (Å²) in [5.74, 6) is -4.52. The maximum Gasteiger partial charge on any atom is 0.326 e. The summed E-state index contributed by atoms with van der Waals surface area (Å²) in [6.07, 6.45) is 0.622. The van der Waals surface area contributed by atoms with Crippen LogP contribution in [0.5, 0.6) is 5.75 Å². The molecule has 0 aliphatic carbocycles. The number of amides is 4. The van der Waals surface area contributed by atoms with E-state index in [1.54, 1.807) is 12.1 Å². The molecule has 14 nitrogen and oxygen atoms in total. The molecule has 4 amide bonds. The number of rotatable bonds is 17. The number of nitrogens with one attached hydrogen (secondary N) is 3. The van der Waals surface area contributed by atoms with Gasteiger partial charge in [0.05, 0.1) is 12.6 Å². The summed E-state index contributed by atoms with van der Waals surface area (Å²) < 4.78 is 0. The molecule has 0 spiro atoms. The fourth-order valence-corrected chi connectivity index (χ4v) is 3.30. The van der Waals surface area contributed by atoms with Crippen LogP contribution in [0.1, 0.15) is 37.7 Å². The number of aliphatic hydroxyl groups excluding tert-OH is 1. The monoisotopic (exact) mass is 524 g/mol. The number of carbonyl (C=O) groups is 5. The molecule has 4 atom stereocenters. The summed E-state index contributed by atoms with van der Waals surface area (Å²) in [4.78, 5) is 60.5. The Balaban J connectivity index is 2.84. The average Bonchev–Trinajstić information content (AvgIpc) is 2.85. The summed E-state index contributed by atoms with van der Waals surface area (Å²) in [5, 5.41) is 35.4. The number of aromatic hydroxyl groups is 1. The molecule has 206 valence electrons. The number of primary amides is 1. The van der Waals surface area contributed by atoms with Crippen LogP contribution in [0.3, 0.4) is 0 Å². The highest BCUT2D eigenvalue weighted by Gasteiger charge is 2.30. The number of aliphatic carboxylic acids is 1. The highest BCUT2D eigenvalue weighted by Crippen LogP contribution is 2.11. The zero-order valence-electron chi connectivity index (χ0n) is 20.4. The molecule has 0 saturated heterocycles. The number of hydrogen-bond acceptors (Lipinski definition) is 9. The highest BCUT2D eigenvalue weighted by molar-refractivity contribution is 5.94. The van der Waals surface area contributed by atoms with Gasteiger partial charge >= 0.3 is 5.97 Å². The molecule has 0 heterocycles. The molecular formula is C23H36N6O8. The Labute approximate surface area is 213 Å².